The SMILES string of the molecule is OC(CN1CCOCC12CC2)Cn1cccn1. The van der Waals surface area contributed by atoms with Gasteiger partial charge in [-0.1, -0.05) is 0 Å². The lowest BCUT2D eigenvalue weighted by Gasteiger charge is -2.37. The number of β-amino-alcohol motifs (C(OH)–C–C–N with tert-alkyl or cyclic N) is 1. The van der Waals surface area contributed by atoms with E-state index in [1.54, 1.807) is 10.9 Å². The summed E-state index contributed by atoms with van der Waals surface area (Å²) in [6, 6.07) is 1.88. The Labute approximate surface area is 101 Å². The van der Waals surface area contributed by atoms with Crippen LogP contribution in [0.25, 0.3) is 0 Å². The molecule has 94 valence electrons. The van der Waals surface area contributed by atoms with Crippen molar-refractivity contribution in [3.05, 3.63) is 18.5 Å². The van der Waals surface area contributed by atoms with Crippen LogP contribution in [0.1, 0.15) is 12.8 Å². The van der Waals surface area contributed by atoms with Crippen molar-refractivity contribution < 1.29 is 9.84 Å². The van der Waals surface area contributed by atoms with Gasteiger partial charge in [-0.3, -0.25) is 9.58 Å². The van der Waals surface area contributed by atoms with E-state index in [1.807, 2.05) is 12.3 Å². The van der Waals surface area contributed by atoms with Gasteiger partial charge in [-0.25, -0.2) is 0 Å². The van der Waals surface area contributed by atoms with Crippen LogP contribution in [0.4, 0.5) is 0 Å². The molecule has 1 aromatic rings. The van der Waals surface area contributed by atoms with E-state index in [0.29, 0.717) is 6.54 Å². The molecule has 1 aliphatic heterocycles. The van der Waals surface area contributed by atoms with Gasteiger partial charge in [0.05, 0.1) is 25.9 Å². The largest absolute Gasteiger partial charge is 0.390 e. The number of morpholine rings is 1. The maximum Gasteiger partial charge on any atom is 0.0862 e. The Morgan fingerprint density at radius 3 is 3.00 bits per heavy atom. The van der Waals surface area contributed by atoms with Crippen molar-refractivity contribution in [1.82, 2.24) is 14.7 Å². The molecule has 5 nitrogen and oxygen atoms in total. The first kappa shape index (κ1) is 11.2. The fraction of sp³-hybridized carbons (Fsp3) is 0.750. The van der Waals surface area contributed by atoms with Crippen LogP contribution in [0.2, 0.25) is 0 Å². The molecule has 2 heterocycles. The van der Waals surface area contributed by atoms with Crippen LogP contribution in [-0.2, 0) is 11.3 Å². The molecule has 1 aromatic heterocycles. The highest BCUT2D eigenvalue weighted by Crippen LogP contribution is 2.43. The summed E-state index contributed by atoms with van der Waals surface area (Å²) in [4.78, 5) is 2.39. The molecular formula is C12H19N3O2. The minimum Gasteiger partial charge on any atom is -0.390 e. The molecule has 1 N–H and O–H groups in total. The zero-order valence-electron chi connectivity index (χ0n) is 9.96. The molecule has 0 aromatic carbocycles. The third-order valence-electron chi connectivity index (χ3n) is 3.76. The van der Waals surface area contributed by atoms with Crippen molar-refractivity contribution in [1.29, 1.82) is 0 Å². The lowest BCUT2D eigenvalue weighted by Crippen LogP contribution is -2.50. The molecule has 2 fully saturated rings. The number of aliphatic hydroxyl groups excluding tert-OH is 1. The van der Waals surface area contributed by atoms with Gasteiger partial charge >= 0.3 is 0 Å². The highest BCUT2D eigenvalue weighted by molar-refractivity contribution is 5.05. The number of hydrogen-bond donors (Lipinski definition) is 1. The molecule has 1 saturated heterocycles. The van der Waals surface area contributed by atoms with E-state index in [-0.39, 0.29) is 11.6 Å². The smallest absolute Gasteiger partial charge is 0.0862 e. The molecular weight excluding hydrogens is 218 g/mol. The first-order chi connectivity index (χ1) is 8.28. The van der Waals surface area contributed by atoms with Gasteiger partial charge in [0.1, 0.15) is 0 Å². The van der Waals surface area contributed by atoms with Crippen LogP contribution in [-0.4, -0.2) is 57.7 Å². The Morgan fingerprint density at radius 2 is 2.29 bits per heavy atom. The minimum atomic E-state index is -0.356. The molecule has 5 heteroatoms. The van der Waals surface area contributed by atoms with Crippen LogP contribution in [0, 0.1) is 0 Å². The third-order valence-corrected chi connectivity index (χ3v) is 3.76. The van der Waals surface area contributed by atoms with Gasteiger partial charge in [0.2, 0.25) is 0 Å². The summed E-state index contributed by atoms with van der Waals surface area (Å²) < 4.78 is 7.31. The zero-order chi connectivity index (χ0) is 11.7. The quantitative estimate of drug-likeness (QED) is 0.807. The van der Waals surface area contributed by atoms with Gasteiger partial charge < -0.3 is 9.84 Å². The van der Waals surface area contributed by atoms with Gasteiger partial charge in [-0.2, -0.15) is 5.10 Å². The van der Waals surface area contributed by atoms with Crippen molar-refractivity contribution in [2.24, 2.45) is 0 Å². The van der Waals surface area contributed by atoms with Crippen LogP contribution < -0.4 is 0 Å². The van der Waals surface area contributed by atoms with Crippen LogP contribution in [0.3, 0.4) is 0 Å². The van der Waals surface area contributed by atoms with Gasteiger partial charge in [0.15, 0.2) is 0 Å². The van der Waals surface area contributed by atoms with E-state index in [2.05, 4.69) is 10.00 Å². The Kier molecular flexibility index (Phi) is 2.90. The standard InChI is InChI=1S/C12H19N3O2/c16-11(9-15-5-1-4-13-15)8-14-6-7-17-10-12(14)2-3-12/h1,4-5,11,16H,2-3,6-10H2. The molecule has 0 radical (unpaired) electrons. The maximum absolute atomic E-state index is 10.1. The summed E-state index contributed by atoms with van der Waals surface area (Å²) in [7, 11) is 0. The molecule has 1 spiro atoms. The Balaban J connectivity index is 1.55. The molecule has 3 rings (SSSR count). The second-order valence-electron chi connectivity index (χ2n) is 5.10. The number of hydrogen-bond acceptors (Lipinski definition) is 4. The fourth-order valence-corrected chi connectivity index (χ4v) is 2.59. The summed E-state index contributed by atoms with van der Waals surface area (Å²) >= 11 is 0. The van der Waals surface area contributed by atoms with Crippen LogP contribution in [0.5, 0.6) is 0 Å². The van der Waals surface area contributed by atoms with Crippen molar-refractivity contribution >= 4 is 0 Å². The summed E-state index contributed by atoms with van der Waals surface area (Å²) in [6.07, 6.45) is 5.69. The van der Waals surface area contributed by atoms with Crippen LogP contribution in [0.15, 0.2) is 18.5 Å². The predicted octanol–water partition coefficient (Wildman–Crippen LogP) is 0.109. The van der Waals surface area contributed by atoms with Crippen molar-refractivity contribution in [3.8, 4) is 0 Å². The van der Waals surface area contributed by atoms with Crippen molar-refractivity contribution in [3.63, 3.8) is 0 Å². The maximum atomic E-state index is 10.1. The lowest BCUT2D eigenvalue weighted by molar-refractivity contribution is -0.0405. The van der Waals surface area contributed by atoms with Gasteiger partial charge in [-0.15, -0.1) is 0 Å². The fourth-order valence-electron chi connectivity index (χ4n) is 2.59. The number of nitrogens with zero attached hydrogens (tertiary/aromatic N) is 3. The average Bonchev–Trinajstić information content (AvgIpc) is 2.89. The summed E-state index contributed by atoms with van der Waals surface area (Å²) in [5, 5.41) is 14.2. The summed E-state index contributed by atoms with van der Waals surface area (Å²) in [6.45, 7) is 3.86. The Morgan fingerprint density at radius 1 is 1.41 bits per heavy atom. The average molecular weight is 237 g/mol. The Bertz CT molecular complexity index is 362. The number of aliphatic hydroxyl groups is 1. The Hall–Kier alpha value is -0.910. The second-order valence-corrected chi connectivity index (χ2v) is 5.10. The number of ether oxygens (including phenoxy) is 1. The van der Waals surface area contributed by atoms with Gasteiger partial charge in [0, 0.05) is 31.0 Å². The molecule has 1 aliphatic carbocycles. The lowest BCUT2D eigenvalue weighted by atomic mass is 10.2. The molecule has 2 aliphatic rings. The highest BCUT2D eigenvalue weighted by Gasteiger charge is 2.50. The molecule has 17 heavy (non-hydrogen) atoms. The van der Waals surface area contributed by atoms with Gasteiger partial charge in [-0.05, 0) is 18.9 Å². The zero-order valence-corrected chi connectivity index (χ0v) is 9.96. The summed E-state index contributed by atoms with van der Waals surface area (Å²) in [5.74, 6) is 0. The number of aromatic nitrogens is 2. The van der Waals surface area contributed by atoms with Crippen molar-refractivity contribution in [2.45, 2.75) is 31.0 Å². The normalized spacial score (nSPS) is 25.0. The summed E-state index contributed by atoms with van der Waals surface area (Å²) in [5.41, 5.74) is 0.253. The third kappa shape index (κ3) is 2.36. The predicted molar refractivity (Wildman–Crippen MR) is 62.6 cm³/mol. The molecule has 0 bridgehead atoms. The number of rotatable bonds is 4. The van der Waals surface area contributed by atoms with E-state index in [4.69, 9.17) is 4.74 Å². The molecule has 1 atom stereocenters. The van der Waals surface area contributed by atoms with E-state index >= 15 is 0 Å². The second kappa shape index (κ2) is 4.40. The first-order valence-corrected chi connectivity index (χ1v) is 6.27. The van der Waals surface area contributed by atoms with E-state index < -0.39 is 0 Å². The first-order valence-electron chi connectivity index (χ1n) is 6.27. The van der Waals surface area contributed by atoms with Crippen molar-refractivity contribution in [2.75, 3.05) is 26.3 Å². The molecule has 0 amide bonds. The van der Waals surface area contributed by atoms with Gasteiger partial charge in [0.25, 0.3) is 0 Å². The van der Waals surface area contributed by atoms with Crippen LogP contribution >= 0.6 is 0 Å². The monoisotopic (exact) mass is 237 g/mol. The highest BCUT2D eigenvalue weighted by atomic mass is 16.5. The van der Waals surface area contributed by atoms with E-state index in [0.717, 1.165) is 26.3 Å². The molecule has 1 unspecified atom stereocenters. The minimum absolute atomic E-state index is 0.253. The van der Waals surface area contributed by atoms with E-state index in [9.17, 15) is 5.11 Å². The molecule has 1 saturated carbocycles. The topological polar surface area (TPSA) is 50.5 Å². The van der Waals surface area contributed by atoms with E-state index in [1.165, 1.54) is 12.8 Å².